The minimum absolute atomic E-state index is 0.316. The summed E-state index contributed by atoms with van der Waals surface area (Å²) in [6, 6.07) is 8.45. The highest BCUT2D eigenvalue weighted by atomic mass is 16.5. The van der Waals surface area contributed by atoms with Gasteiger partial charge in [0, 0.05) is 19.4 Å². The van der Waals surface area contributed by atoms with E-state index in [1.165, 1.54) is 18.4 Å². The summed E-state index contributed by atoms with van der Waals surface area (Å²) < 4.78 is 5.67. The van der Waals surface area contributed by atoms with Crippen molar-refractivity contribution in [1.29, 1.82) is 0 Å². The van der Waals surface area contributed by atoms with E-state index >= 15 is 0 Å². The Labute approximate surface area is 122 Å². The molecule has 110 valence electrons. The number of ketones is 1. The lowest BCUT2D eigenvalue weighted by molar-refractivity contribution is -0.119. The molecule has 0 spiro atoms. The van der Waals surface area contributed by atoms with Crippen molar-refractivity contribution in [2.24, 2.45) is 0 Å². The number of benzene rings is 1. The third kappa shape index (κ3) is 4.75. The average Bonchev–Trinajstić information content (AvgIpc) is 2.47. The van der Waals surface area contributed by atoms with Crippen molar-refractivity contribution in [3.63, 3.8) is 0 Å². The number of carbonyl (C=O) groups excluding carboxylic acids is 1. The summed E-state index contributed by atoms with van der Waals surface area (Å²) in [7, 11) is 0. The number of carbonyl (C=O) groups is 1. The molecule has 2 nitrogen and oxygen atoms in total. The molecule has 0 aromatic heterocycles. The van der Waals surface area contributed by atoms with Crippen molar-refractivity contribution in [2.45, 2.75) is 64.4 Å². The van der Waals surface area contributed by atoms with Crippen molar-refractivity contribution in [3.05, 3.63) is 35.4 Å². The quantitative estimate of drug-likeness (QED) is 0.774. The smallest absolute Gasteiger partial charge is 0.137 e. The molecule has 1 fully saturated rings. The average molecular weight is 274 g/mol. The van der Waals surface area contributed by atoms with Crippen LogP contribution in [0.25, 0.3) is 0 Å². The van der Waals surface area contributed by atoms with E-state index in [1.54, 1.807) is 0 Å². The van der Waals surface area contributed by atoms with Crippen LogP contribution in [0.15, 0.2) is 24.3 Å². The molecule has 1 aromatic rings. The SMILES string of the molecule is CC(C)c1ccc(CC(=O)CCC2CCCCO2)cc1. The molecular formula is C18H26O2. The number of ether oxygens (including phenoxy) is 1. The lowest BCUT2D eigenvalue weighted by Crippen LogP contribution is -2.20. The van der Waals surface area contributed by atoms with Gasteiger partial charge >= 0.3 is 0 Å². The monoisotopic (exact) mass is 274 g/mol. The Kier molecular flexibility index (Phi) is 5.78. The highest BCUT2D eigenvalue weighted by Gasteiger charge is 2.15. The summed E-state index contributed by atoms with van der Waals surface area (Å²) in [5, 5.41) is 0. The molecule has 1 aliphatic rings. The first kappa shape index (κ1) is 15.2. The van der Waals surface area contributed by atoms with Crippen molar-refractivity contribution in [3.8, 4) is 0 Å². The first-order chi connectivity index (χ1) is 9.65. The van der Waals surface area contributed by atoms with Crippen LogP contribution < -0.4 is 0 Å². The summed E-state index contributed by atoms with van der Waals surface area (Å²) in [5.74, 6) is 0.875. The predicted octanol–water partition coefficient (Wildman–Crippen LogP) is 4.27. The van der Waals surface area contributed by atoms with Gasteiger partial charge in [0.1, 0.15) is 5.78 Å². The molecule has 0 aliphatic carbocycles. The number of Topliss-reactive ketones (excluding diaryl/α,β-unsaturated/α-hetero) is 1. The molecule has 0 N–H and O–H groups in total. The Morgan fingerprint density at radius 1 is 1.25 bits per heavy atom. The fraction of sp³-hybridized carbons (Fsp3) is 0.611. The van der Waals surface area contributed by atoms with Gasteiger partial charge in [-0.15, -0.1) is 0 Å². The van der Waals surface area contributed by atoms with E-state index < -0.39 is 0 Å². The van der Waals surface area contributed by atoms with Gasteiger partial charge in [-0.05, 0) is 42.7 Å². The second-order valence-corrected chi connectivity index (χ2v) is 6.14. The number of rotatable bonds is 6. The zero-order valence-electron chi connectivity index (χ0n) is 12.7. The van der Waals surface area contributed by atoms with Gasteiger partial charge in [-0.1, -0.05) is 38.1 Å². The normalized spacial score (nSPS) is 19.2. The molecule has 2 heteroatoms. The molecule has 2 rings (SSSR count). The Balaban J connectivity index is 1.75. The van der Waals surface area contributed by atoms with Gasteiger partial charge < -0.3 is 4.74 Å². The zero-order valence-corrected chi connectivity index (χ0v) is 12.7. The third-order valence-electron chi connectivity index (χ3n) is 4.07. The first-order valence-corrected chi connectivity index (χ1v) is 7.87. The van der Waals surface area contributed by atoms with Crippen molar-refractivity contribution in [1.82, 2.24) is 0 Å². The zero-order chi connectivity index (χ0) is 14.4. The van der Waals surface area contributed by atoms with Crippen LogP contribution in [0.2, 0.25) is 0 Å². The Morgan fingerprint density at radius 2 is 2.00 bits per heavy atom. The minimum atomic E-state index is 0.316. The summed E-state index contributed by atoms with van der Waals surface area (Å²) >= 11 is 0. The van der Waals surface area contributed by atoms with Crippen LogP contribution in [0.1, 0.15) is 63.0 Å². The van der Waals surface area contributed by atoms with E-state index in [-0.39, 0.29) is 0 Å². The molecular weight excluding hydrogens is 248 g/mol. The third-order valence-corrected chi connectivity index (χ3v) is 4.07. The van der Waals surface area contributed by atoms with Gasteiger partial charge in [-0.2, -0.15) is 0 Å². The van der Waals surface area contributed by atoms with Crippen LogP contribution >= 0.6 is 0 Å². The summed E-state index contributed by atoms with van der Waals surface area (Å²) in [6.45, 7) is 5.24. The molecule has 1 unspecified atom stereocenters. The molecule has 1 saturated heterocycles. The van der Waals surface area contributed by atoms with E-state index in [4.69, 9.17) is 4.74 Å². The van der Waals surface area contributed by atoms with E-state index in [9.17, 15) is 4.79 Å². The highest BCUT2D eigenvalue weighted by Crippen LogP contribution is 2.18. The molecule has 1 heterocycles. The van der Waals surface area contributed by atoms with E-state index in [2.05, 4.69) is 38.1 Å². The van der Waals surface area contributed by atoms with Gasteiger partial charge in [0.05, 0.1) is 6.10 Å². The molecule has 1 atom stereocenters. The first-order valence-electron chi connectivity index (χ1n) is 7.87. The lowest BCUT2D eigenvalue weighted by Gasteiger charge is -2.22. The van der Waals surface area contributed by atoms with Crippen LogP contribution in [-0.4, -0.2) is 18.5 Å². The summed E-state index contributed by atoms with van der Waals surface area (Å²) in [5.41, 5.74) is 2.46. The van der Waals surface area contributed by atoms with Gasteiger partial charge in [0.2, 0.25) is 0 Å². The van der Waals surface area contributed by atoms with E-state index in [0.29, 0.717) is 30.6 Å². The second kappa shape index (κ2) is 7.58. The van der Waals surface area contributed by atoms with Gasteiger partial charge in [-0.3, -0.25) is 4.79 Å². The fourth-order valence-corrected chi connectivity index (χ4v) is 2.69. The van der Waals surface area contributed by atoms with Crippen LogP contribution in [0.3, 0.4) is 0 Å². The summed E-state index contributed by atoms with van der Waals surface area (Å²) in [6.07, 6.45) is 5.96. The highest BCUT2D eigenvalue weighted by molar-refractivity contribution is 5.80. The van der Waals surface area contributed by atoms with Crippen LogP contribution in [0.5, 0.6) is 0 Å². The molecule has 20 heavy (non-hydrogen) atoms. The maximum atomic E-state index is 12.0. The maximum Gasteiger partial charge on any atom is 0.137 e. The van der Waals surface area contributed by atoms with E-state index in [1.807, 2.05) is 0 Å². The maximum absolute atomic E-state index is 12.0. The van der Waals surface area contributed by atoms with Crippen LogP contribution in [0.4, 0.5) is 0 Å². The Bertz CT molecular complexity index is 414. The molecule has 0 bridgehead atoms. The largest absolute Gasteiger partial charge is 0.378 e. The van der Waals surface area contributed by atoms with Crippen molar-refractivity contribution >= 4 is 5.78 Å². The lowest BCUT2D eigenvalue weighted by atomic mass is 9.98. The molecule has 1 aromatic carbocycles. The van der Waals surface area contributed by atoms with E-state index in [0.717, 1.165) is 25.0 Å². The van der Waals surface area contributed by atoms with Gasteiger partial charge in [-0.25, -0.2) is 0 Å². The van der Waals surface area contributed by atoms with Crippen LogP contribution in [0, 0.1) is 0 Å². The topological polar surface area (TPSA) is 26.3 Å². The number of hydrogen-bond acceptors (Lipinski definition) is 2. The summed E-state index contributed by atoms with van der Waals surface area (Å²) in [4.78, 5) is 12.0. The standard InChI is InChI=1S/C18H26O2/c1-14(2)16-8-6-15(7-9-16)13-17(19)10-11-18-5-3-4-12-20-18/h6-9,14,18H,3-5,10-13H2,1-2H3. The Hall–Kier alpha value is -1.15. The van der Waals surface area contributed by atoms with Gasteiger partial charge in [0.25, 0.3) is 0 Å². The minimum Gasteiger partial charge on any atom is -0.378 e. The van der Waals surface area contributed by atoms with Crippen molar-refractivity contribution < 1.29 is 9.53 Å². The van der Waals surface area contributed by atoms with Gasteiger partial charge in [0.15, 0.2) is 0 Å². The Morgan fingerprint density at radius 3 is 2.60 bits per heavy atom. The molecule has 0 amide bonds. The molecule has 0 saturated carbocycles. The van der Waals surface area contributed by atoms with Crippen LogP contribution in [-0.2, 0) is 16.0 Å². The number of hydrogen-bond donors (Lipinski definition) is 0. The molecule has 0 radical (unpaired) electrons. The predicted molar refractivity (Wildman–Crippen MR) is 82.1 cm³/mol. The van der Waals surface area contributed by atoms with Crippen molar-refractivity contribution in [2.75, 3.05) is 6.61 Å². The fourth-order valence-electron chi connectivity index (χ4n) is 2.69. The second-order valence-electron chi connectivity index (χ2n) is 6.14. The molecule has 1 aliphatic heterocycles.